The molecule has 0 saturated heterocycles. The van der Waals surface area contributed by atoms with Crippen LogP contribution in [-0.4, -0.2) is 0 Å². The Hall–Kier alpha value is -0.260. The first-order valence-corrected chi connectivity index (χ1v) is 7.38. The van der Waals surface area contributed by atoms with Crippen LogP contribution in [0.15, 0.2) is 12.7 Å². The summed E-state index contributed by atoms with van der Waals surface area (Å²) in [6.45, 7) is 8.39. The standard InChI is InChI=1S/C16H32/c1-4-5-6-7-8-9-10-11-12-13-14-15-16(2)3/h4,16H,1,5-15H2,2-3H3. The van der Waals surface area contributed by atoms with Crippen LogP contribution in [0.25, 0.3) is 0 Å². The van der Waals surface area contributed by atoms with Crippen molar-refractivity contribution in [3.63, 3.8) is 0 Å². The van der Waals surface area contributed by atoms with Crippen LogP contribution in [0.1, 0.15) is 84.5 Å². The second-order valence-electron chi connectivity index (χ2n) is 5.44. The first-order chi connectivity index (χ1) is 7.77. The van der Waals surface area contributed by atoms with Gasteiger partial charge in [0.15, 0.2) is 0 Å². The molecular weight excluding hydrogens is 192 g/mol. The molecule has 0 amide bonds. The molecule has 16 heavy (non-hydrogen) atoms. The molecule has 0 aromatic heterocycles. The zero-order valence-electron chi connectivity index (χ0n) is 11.6. The summed E-state index contributed by atoms with van der Waals surface area (Å²) in [4.78, 5) is 0. The van der Waals surface area contributed by atoms with E-state index in [1.165, 1.54) is 70.6 Å². The summed E-state index contributed by atoms with van der Waals surface area (Å²) >= 11 is 0. The predicted molar refractivity (Wildman–Crippen MR) is 75.8 cm³/mol. The lowest BCUT2D eigenvalue weighted by Gasteiger charge is -2.04. The fraction of sp³-hybridized carbons (Fsp3) is 0.875. The third kappa shape index (κ3) is 13.7. The molecule has 0 aliphatic carbocycles. The minimum absolute atomic E-state index is 0.893. The van der Waals surface area contributed by atoms with Crippen LogP contribution in [0.2, 0.25) is 0 Å². The Morgan fingerprint density at radius 1 is 0.750 bits per heavy atom. The smallest absolute Gasteiger partial charge is 0.0353 e. The molecule has 0 radical (unpaired) electrons. The molecule has 0 fully saturated rings. The largest absolute Gasteiger partial charge is 0.103 e. The number of rotatable bonds is 12. The zero-order chi connectivity index (χ0) is 12.1. The highest BCUT2D eigenvalue weighted by molar-refractivity contribution is 4.65. The Morgan fingerprint density at radius 2 is 1.19 bits per heavy atom. The van der Waals surface area contributed by atoms with Crippen LogP contribution in [0.5, 0.6) is 0 Å². The lowest BCUT2D eigenvalue weighted by Crippen LogP contribution is -1.87. The van der Waals surface area contributed by atoms with Gasteiger partial charge in [0.2, 0.25) is 0 Å². The number of hydrogen-bond donors (Lipinski definition) is 0. The Bertz CT molecular complexity index is 135. The molecule has 0 atom stereocenters. The van der Waals surface area contributed by atoms with E-state index in [0.717, 1.165) is 5.92 Å². The molecule has 0 aromatic rings. The molecule has 0 rings (SSSR count). The first kappa shape index (κ1) is 15.7. The number of unbranched alkanes of at least 4 members (excludes halogenated alkanes) is 9. The summed E-state index contributed by atoms with van der Waals surface area (Å²) in [6.07, 6.45) is 17.5. The lowest BCUT2D eigenvalue weighted by molar-refractivity contribution is 0.506. The predicted octanol–water partition coefficient (Wildman–Crippen LogP) is 6.12. The van der Waals surface area contributed by atoms with E-state index in [2.05, 4.69) is 20.4 Å². The van der Waals surface area contributed by atoms with Gasteiger partial charge in [-0.1, -0.05) is 77.7 Å². The second kappa shape index (κ2) is 12.8. The molecule has 0 N–H and O–H groups in total. The molecule has 0 heteroatoms. The van der Waals surface area contributed by atoms with Gasteiger partial charge in [-0.25, -0.2) is 0 Å². The van der Waals surface area contributed by atoms with E-state index in [1.54, 1.807) is 0 Å². The SMILES string of the molecule is C=CCCCCCCCCCCCC(C)C. The van der Waals surface area contributed by atoms with Gasteiger partial charge in [-0.05, 0) is 18.8 Å². The maximum atomic E-state index is 3.75. The van der Waals surface area contributed by atoms with E-state index < -0.39 is 0 Å². The van der Waals surface area contributed by atoms with Gasteiger partial charge in [0.1, 0.15) is 0 Å². The zero-order valence-corrected chi connectivity index (χ0v) is 11.6. The second-order valence-corrected chi connectivity index (χ2v) is 5.44. The molecule has 0 saturated carbocycles. The monoisotopic (exact) mass is 224 g/mol. The van der Waals surface area contributed by atoms with Gasteiger partial charge in [0.05, 0.1) is 0 Å². The molecule has 0 heterocycles. The van der Waals surface area contributed by atoms with Gasteiger partial charge in [0, 0.05) is 0 Å². The lowest BCUT2D eigenvalue weighted by atomic mass is 10.0. The van der Waals surface area contributed by atoms with E-state index >= 15 is 0 Å². The molecule has 0 nitrogen and oxygen atoms in total. The van der Waals surface area contributed by atoms with Crippen molar-refractivity contribution in [3.8, 4) is 0 Å². The third-order valence-corrected chi connectivity index (χ3v) is 3.19. The summed E-state index contributed by atoms with van der Waals surface area (Å²) in [7, 11) is 0. The van der Waals surface area contributed by atoms with Gasteiger partial charge in [-0.2, -0.15) is 0 Å². The van der Waals surface area contributed by atoms with Crippen LogP contribution in [0.4, 0.5) is 0 Å². The third-order valence-electron chi connectivity index (χ3n) is 3.19. The van der Waals surface area contributed by atoms with Crippen molar-refractivity contribution < 1.29 is 0 Å². The highest BCUT2D eigenvalue weighted by Crippen LogP contribution is 2.13. The molecule has 0 aliphatic rings. The van der Waals surface area contributed by atoms with Crippen molar-refractivity contribution in [2.24, 2.45) is 5.92 Å². The highest BCUT2D eigenvalue weighted by atomic mass is 14.0. The van der Waals surface area contributed by atoms with Crippen LogP contribution in [-0.2, 0) is 0 Å². The van der Waals surface area contributed by atoms with Gasteiger partial charge >= 0.3 is 0 Å². The van der Waals surface area contributed by atoms with E-state index in [4.69, 9.17) is 0 Å². The fourth-order valence-corrected chi connectivity index (χ4v) is 2.08. The maximum Gasteiger partial charge on any atom is -0.0353 e. The summed E-state index contributed by atoms with van der Waals surface area (Å²) in [5, 5.41) is 0. The minimum Gasteiger partial charge on any atom is -0.103 e. The normalized spacial score (nSPS) is 10.9. The average Bonchev–Trinajstić information content (AvgIpc) is 2.25. The maximum absolute atomic E-state index is 3.75. The van der Waals surface area contributed by atoms with Gasteiger partial charge in [0.25, 0.3) is 0 Å². The summed E-state index contributed by atoms with van der Waals surface area (Å²) in [5.74, 6) is 0.893. The van der Waals surface area contributed by atoms with Crippen molar-refractivity contribution in [1.29, 1.82) is 0 Å². The van der Waals surface area contributed by atoms with Gasteiger partial charge in [-0.3, -0.25) is 0 Å². The van der Waals surface area contributed by atoms with E-state index in [-0.39, 0.29) is 0 Å². The first-order valence-electron chi connectivity index (χ1n) is 7.38. The molecule has 0 bridgehead atoms. The Kier molecular flexibility index (Phi) is 12.6. The van der Waals surface area contributed by atoms with Crippen molar-refractivity contribution in [1.82, 2.24) is 0 Å². The quantitative estimate of drug-likeness (QED) is 0.277. The van der Waals surface area contributed by atoms with Crippen molar-refractivity contribution in [2.45, 2.75) is 84.5 Å². The van der Waals surface area contributed by atoms with E-state index in [0.29, 0.717) is 0 Å². The van der Waals surface area contributed by atoms with Crippen LogP contribution < -0.4 is 0 Å². The molecule has 0 unspecified atom stereocenters. The van der Waals surface area contributed by atoms with Crippen molar-refractivity contribution in [3.05, 3.63) is 12.7 Å². The molecule has 0 aromatic carbocycles. The number of allylic oxidation sites excluding steroid dienone is 1. The van der Waals surface area contributed by atoms with Crippen LogP contribution in [0, 0.1) is 5.92 Å². The van der Waals surface area contributed by atoms with Crippen molar-refractivity contribution in [2.75, 3.05) is 0 Å². The number of hydrogen-bond acceptors (Lipinski definition) is 0. The van der Waals surface area contributed by atoms with E-state index in [9.17, 15) is 0 Å². The Labute approximate surface area is 104 Å². The molecule has 96 valence electrons. The Morgan fingerprint density at radius 3 is 1.62 bits per heavy atom. The molecular formula is C16H32. The van der Waals surface area contributed by atoms with Gasteiger partial charge < -0.3 is 0 Å². The van der Waals surface area contributed by atoms with Crippen LogP contribution >= 0.6 is 0 Å². The topological polar surface area (TPSA) is 0 Å². The summed E-state index contributed by atoms with van der Waals surface area (Å²) < 4.78 is 0. The van der Waals surface area contributed by atoms with Crippen LogP contribution in [0.3, 0.4) is 0 Å². The molecule has 0 aliphatic heterocycles. The summed E-state index contributed by atoms with van der Waals surface area (Å²) in [5.41, 5.74) is 0. The molecule has 0 spiro atoms. The average molecular weight is 224 g/mol. The summed E-state index contributed by atoms with van der Waals surface area (Å²) in [6, 6.07) is 0. The minimum atomic E-state index is 0.893. The van der Waals surface area contributed by atoms with E-state index in [1.807, 2.05) is 6.08 Å². The highest BCUT2D eigenvalue weighted by Gasteiger charge is 1.95. The fourth-order valence-electron chi connectivity index (χ4n) is 2.08. The Balaban J connectivity index is 2.90. The van der Waals surface area contributed by atoms with Gasteiger partial charge in [-0.15, -0.1) is 6.58 Å². The van der Waals surface area contributed by atoms with Crippen molar-refractivity contribution >= 4 is 0 Å².